The lowest BCUT2D eigenvalue weighted by Crippen LogP contribution is -2.29. The summed E-state index contributed by atoms with van der Waals surface area (Å²) in [5.41, 5.74) is 4.94. The quantitative estimate of drug-likeness (QED) is 0.677. The molecule has 16 heavy (non-hydrogen) atoms. The molecule has 2 aromatic heterocycles. The average Bonchev–Trinajstić information content (AvgIpc) is 2.69. The summed E-state index contributed by atoms with van der Waals surface area (Å²) in [6, 6.07) is 5.98. The van der Waals surface area contributed by atoms with Gasteiger partial charge in [0.1, 0.15) is 0 Å². The van der Waals surface area contributed by atoms with Gasteiger partial charge in [0.2, 0.25) is 0 Å². The number of pyridine rings is 1. The summed E-state index contributed by atoms with van der Waals surface area (Å²) < 4.78 is 1.07. The molecule has 1 unspecified atom stereocenters. The first-order valence-electron chi connectivity index (χ1n) is 4.84. The van der Waals surface area contributed by atoms with Crippen molar-refractivity contribution in [2.24, 2.45) is 5.84 Å². The number of rotatable bonds is 3. The van der Waals surface area contributed by atoms with E-state index in [2.05, 4.69) is 26.3 Å². The molecule has 0 saturated heterocycles. The first-order chi connectivity index (χ1) is 7.74. The molecule has 0 aromatic carbocycles. The lowest BCUT2D eigenvalue weighted by molar-refractivity contribution is 0.638. The average molecular weight is 298 g/mol. The number of nitrogens with two attached hydrogens (primary N) is 1. The van der Waals surface area contributed by atoms with Gasteiger partial charge < -0.3 is 0 Å². The summed E-state index contributed by atoms with van der Waals surface area (Å²) in [7, 11) is 0. The number of nitrogens with zero attached hydrogens (tertiary/aromatic N) is 1. The molecule has 5 heteroatoms. The van der Waals surface area contributed by atoms with Crippen LogP contribution in [-0.4, -0.2) is 4.98 Å². The van der Waals surface area contributed by atoms with Crippen molar-refractivity contribution in [3.63, 3.8) is 0 Å². The molecule has 2 rings (SSSR count). The van der Waals surface area contributed by atoms with E-state index in [-0.39, 0.29) is 6.04 Å². The Balaban J connectivity index is 2.45. The van der Waals surface area contributed by atoms with Crippen molar-refractivity contribution in [2.45, 2.75) is 13.0 Å². The predicted octanol–water partition coefficient (Wildman–Crippen LogP) is 2.77. The van der Waals surface area contributed by atoms with E-state index < -0.39 is 0 Å². The van der Waals surface area contributed by atoms with Crippen LogP contribution >= 0.6 is 27.3 Å². The van der Waals surface area contributed by atoms with E-state index >= 15 is 0 Å². The lowest BCUT2D eigenvalue weighted by Gasteiger charge is -2.17. The highest BCUT2D eigenvalue weighted by Crippen LogP contribution is 2.33. The Labute approximate surface area is 107 Å². The first-order valence-corrected chi connectivity index (χ1v) is 6.52. The molecule has 0 amide bonds. The largest absolute Gasteiger partial charge is 0.271 e. The fourth-order valence-electron chi connectivity index (χ4n) is 1.62. The number of halogens is 1. The number of aromatic nitrogens is 1. The van der Waals surface area contributed by atoms with Crippen LogP contribution in [0.4, 0.5) is 0 Å². The highest BCUT2D eigenvalue weighted by Gasteiger charge is 2.18. The van der Waals surface area contributed by atoms with Crippen LogP contribution in [0.1, 0.15) is 22.2 Å². The van der Waals surface area contributed by atoms with Gasteiger partial charge >= 0.3 is 0 Å². The number of hydrazine groups is 1. The second-order valence-corrected chi connectivity index (χ2v) is 5.21. The Bertz CT molecular complexity index is 484. The zero-order valence-corrected chi connectivity index (χ0v) is 11.2. The fraction of sp³-hybridized carbons (Fsp3) is 0.182. The fourth-order valence-corrected chi connectivity index (χ4v) is 3.30. The smallest absolute Gasteiger partial charge is 0.0831 e. The second kappa shape index (κ2) is 5.05. The van der Waals surface area contributed by atoms with E-state index in [1.807, 2.05) is 30.5 Å². The maximum Gasteiger partial charge on any atom is 0.0831 e. The molecule has 0 bridgehead atoms. The number of thiophene rings is 1. The van der Waals surface area contributed by atoms with Crippen LogP contribution in [0, 0.1) is 6.92 Å². The molecule has 0 aliphatic carbocycles. The van der Waals surface area contributed by atoms with Gasteiger partial charge in [0.05, 0.1) is 6.04 Å². The van der Waals surface area contributed by atoms with Gasteiger partial charge in [0.15, 0.2) is 0 Å². The highest BCUT2D eigenvalue weighted by atomic mass is 79.9. The van der Waals surface area contributed by atoms with Gasteiger partial charge in [-0.3, -0.25) is 10.8 Å². The van der Waals surface area contributed by atoms with Gasteiger partial charge in [-0.25, -0.2) is 5.43 Å². The van der Waals surface area contributed by atoms with Crippen LogP contribution in [0.5, 0.6) is 0 Å². The molecular formula is C11H12BrN3S. The monoisotopic (exact) mass is 297 g/mol. The van der Waals surface area contributed by atoms with Gasteiger partial charge in [0.25, 0.3) is 0 Å². The Kier molecular flexibility index (Phi) is 3.70. The first kappa shape index (κ1) is 11.7. The van der Waals surface area contributed by atoms with E-state index in [4.69, 9.17) is 5.84 Å². The summed E-state index contributed by atoms with van der Waals surface area (Å²) >= 11 is 5.19. The van der Waals surface area contributed by atoms with Crippen molar-refractivity contribution in [1.29, 1.82) is 0 Å². The van der Waals surface area contributed by atoms with Gasteiger partial charge in [-0.1, -0.05) is 6.07 Å². The molecule has 84 valence electrons. The maximum atomic E-state index is 5.64. The van der Waals surface area contributed by atoms with Crippen LogP contribution in [0.3, 0.4) is 0 Å². The van der Waals surface area contributed by atoms with Crippen molar-refractivity contribution in [2.75, 3.05) is 0 Å². The Morgan fingerprint density at radius 3 is 2.88 bits per heavy atom. The number of hydrogen-bond acceptors (Lipinski definition) is 4. The lowest BCUT2D eigenvalue weighted by atomic mass is 10.1. The summed E-state index contributed by atoms with van der Waals surface area (Å²) in [5, 5.41) is 2.04. The summed E-state index contributed by atoms with van der Waals surface area (Å²) in [6.07, 6.45) is 1.79. The topological polar surface area (TPSA) is 50.9 Å². The van der Waals surface area contributed by atoms with E-state index in [1.165, 1.54) is 4.88 Å². The van der Waals surface area contributed by atoms with Crippen LogP contribution in [-0.2, 0) is 0 Å². The van der Waals surface area contributed by atoms with Crippen LogP contribution < -0.4 is 11.3 Å². The van der Waals surface area contributed by atoms with E-state index in [0.717, 1.165) is 15.7 Å². The van der Waals surface area contributed by atoms with Gasteiger partial charge in [0, 0.05) is 21.2 Å². The van der Waals surface area contributed by atoms with Gasteiger partial charge in [-0.15, -0.1) is 11.3 Å². The minimum atomic E-state index is -0.0110. The number of nitrogens with one attached hydrogen (secondary N) is 1. The minimum absolute atomic E-state index is 0.0110. The Hall–Kier alpha value is -0.750. The zero-order valence-electron chi connectivity index (χ0n) is 8.77. The molecule has 3 N–H and O–H groups in total. The van der Waals surface area contributed by atoms with Crippen molar-refractivity contribution < 1.29 is 0 Å². The molecule has 2 aromatic rings. The molecular weight excluding hydrogens is 286 g/mol. The van der Waals surface area contributed by atoms with E-state index in [0.29, 0.717) is 0 Å². The van der Waals surface area contributed by atoms with Gasteiger partial charge in [-0.05, 0) is 45.9 Å². The summed E-state index contributed by atoms with van der Waals surface area (Å²) in [6.45, 7) is 1.99. The SMILES string of the molecule is Cc1ncccc1C(NN)c1sccc1Br. The molecule has 3 nitrogen and oxygen atoms in total. The molecule has 0 saturated carbocycles. The summed E-state index contributed by atoms with van der Waals surface area (Å²) in [5.74, 6) is 5.64. The molecule has 0 aliphatic heterocycles. The van der Waals surface area contributed by atoms with Crippen molar-refractivity contribution in [3.05, 3.63) is 50.4 Å². The third kappa shape index (κ3) is 2.17. The molecule has 0 radical (unpaired) electrons. The zero-order chi connectivity index (χ0) is 11.5. The summed E-state index contributed by atoms with van der Waals surface area (Å²) in [4.78, 5) is 5.45. The standard InChI is InChI=1S/C11H12BrN3S/c1-7-8(3-2-5-14-7)10(15-13)11-9(12)4-6-16-11/h2-6,10,15H,13H2,1H3. The third-order valence-electron chi connectivity index (χ3n) is 2.43. The highest BCUT2D eigenvalue weighted by molar-refractivity contribution is 9.10. The molecule has 1 atom stereocenters. The molecule has 0 fully saturated rings. The van der Waals surface area contributed by atoms with Crippen molar-refractivity contribution in [1.82, 2.24) is 10.4 Å². The van der Waals surface area contributed by atoms with Crippen LogP contribution in [0.15, 0.2) is 34.2 Å². The van der Waals surface area contributed by atoms with Crippen LogP contribution in [0.25, 0.3) is 0 Å². The van der Waals surface area contributed by atoms with Crippen molar-refractivity contribution >= 4 is 27.3 Å². The predicted molar refractivity (Wildman–Crippen MR) is 70.2 cm³/mol. The molecule has 2 heterocycles. The Morgan fingerprint density at radius 2 is 2.31 bits per heavy atom. The second-order valence-electron chi connectivity index (χ2n) is 3.41. The van der Waals surface area contributed by atoms with Gasteiger partial charge in [-0.2, -0.15) is 0 Å². The molecule has 0 spiro atoms. The minimum Gasteiger partial charge on any atom is -0.271 e. The van der Waals surface area contributed by atoms with Crippen LogP contribution in [0.2, 0.25) is 0 Å². The molecule has 0 aliphatic rings. The van der Waals surface area contributed by atoms with E-state index in [1.54, 1.807) is 17.5 Å². The van der Waals surface area contributed by atoms with E-state index in [9.17, 15) is 0 Å². The third-order valence-corrected chi connectivity index (χ3v) is 4.37. The maximum absolute atomic E-state index is 5.64. The number of hydrogen-bond donors (Lipinski definition) is 2. The Morgan fingerprint density at radius 1 is 1.50 bits per heavy atom. The normalized spacial score (nSPS) is 12.7. The van der Waals surface area contributed by atoms with Crippen molar-refractivity contribution in [3.8, 4) is 0 Å². The number of aryl methyl sites for hydroxylation is 1.